The van der Waals surface area contributed by atoms with Crippen molar-refractivity contribution >= 4 is 5.91 Å². The predicted octanol–water partition coefficient (Wildman–Crippen LogP) is 2.52. The molecule has 0 radical (unpaired) electrons. The molecule has 0 spiro atoms. The van der Waals surface area contributed by atoms with Gasteiger partial charge in [0.05, 0.1) is 0 Å². The van der Waals surface area contributed by atoms with Crippen LogP contribution < -0.4 is 5.32 Å². The third-order valence-electron chi connectivity index (χ3n) is 2.99. The van der Waals surface area contributed by atoms with Gasteiger partial charge in [-0.25, -0.2) is 0 Å². The van der Waals surface area contributed by atoms with Crippen molar-refractivity contribution < 1.29 is 9.32 Å². The zero-order valence-electron chi connectivity index (χ0n) is 11.3. The lowest BCUT2D eigenvalue weighted by Crippen LogP contribution is -2.25. The van der Waals surface area contributed by atoms with E-state index < -0.39 is 0 Å². The van der Waals surface area contributed by atoms with E-state index in [1.165, 1.54) is 11.1 Å². The lowest BCUT2D eigenvalue weighted by Gasteiger charge is -2.04. The number of rotatable bonds is 5. The van der Waals surface area contributed by atoms with Crippen LogP contribution in [0, 0.1) is 6.92 Å². The fourth-order valence-corrected chi connectivity index (χ4v) is 1.83. The maximum atomic E-state index is 11.7. The molecule has 0 saturated heterocycles. The van der Waals surface area contributed by atoms with Crippen LogP contribution >= 0.6 is 0 Å². The van der Waals surface area contributed by atoms with Gasteiger partial charge in [0.25, 0.3) is 5.91 Å². The van der Waals surface area contributed by atoms with Crippen molar-refractivity contribution in [2.24, 2.45) is 0 Å². The number of aromatic nitrogens is 1. The highest BCUT2D eigenvalue weighted by Gasteiger charge is 2.09. The van der Waals surface area contributed by atoms with Gasteiger partial charge in [0.1, 0.15) is 5.76 Å². The van der Waals surface area contributed by atoms with Gasteiger partial charge >= 0.3 is 0 Å². The Bertz CT molecular complexity index is 544. The van der Waals surface area contributed by atoms with Gasteiger partial charge in [-0.05, 0) is 30.9 Å². The van der Waals surface area contributed by atoms with Crippen molar-refractivity contribution in [2.45, 2.75) is 26.7 Å². The summed E-state index contributed by atoms with van der Waals surface area (Å²) in [6.07, 6.45) is 1.86. The Labute approximate surface area is 112 Å². The molecule has 2 rings (SSSR count). The molecule has 100 valence electrons. The molecule has 1 aromatic heterocycles. The van der Waals surface area contributed by atoms with Gasteiger partial charge in [0.15, 0.2) is 5.69 Å². The Morgan fingerprint density at radius 1 is 1.26 bits per heavy atom. The molecular weight excluding hydrogens is 240 g/mol. The van der Waals surface area contributed by atoms with Gasteiger partial charge in [0.2, 0.25) is 0 Å². The smallest absolute Gasteiger partial charge is 0.273 e. The second-order valence-corrected chi connectivity index (χ2v) is 4.50. The Balaban J connectivity index is 1.81. The van der Waals surface area contributed by atoms with Gasteiger partial charge in [-0.15, -0.1) is 0 Å². The first-order valence-electron chi connectivity index (χ1n) is 6.48. The maximum absolute atomic E-state index is 11.7. The fraction of sp³-hybridized carbons (Fsp3) is 0.333. The van der Waals surface area contributed by atoms with Crippen LogP contribution in [0.1, 0.15) is 34.3 Å². The number of carbonyl (C=O) groups is 1. The van der Waals surface area contributed by atoms with Crippen molar-refractivity contribution in [2.75, 3.05) is 6.54 Å². The van der Waals surface area contributed by atoms with E-state index >= 15 is 0 Å². The minimum Gasteiger partial charge on any atom is -0.361 e. The van der Waals surface area contributed by atoms with Gasteiger partial charge < -0.3 is 9.84 Å². The summed E-state index contributed by atoms with van der Waals surface area (Å²) in [5.41, 5.74) is 2.87. The summed E-state index contributed by atoms with van der Waals surface area (Å²) in [6, 6.07) is 10.1. The molecule has 19 heavy (non-hydrogen) atoms. The number of hydrogen-bond donors (Lipinski definition) is 1. The third-order valence-corrected chi connectivity index (χ3v) is 2.99. The lowest BCUT2D eigenvalue weighted by molar-refractivity contribution is 0.0945. The largest absolute Gasteiger partial charge is 0.361 e. The minimum absolute atomic E-state index is 0.193. The molecule has 0 aliphatic carbocycles. The standard InChI is InChI=1S/C15H18N2O2/c1-3-12-4-6-13(7-5-12)8-9-16-15(18)14-10-11(2)19-17-14/h4-7,10H,3,8-9H2,1-2H3,(H,16,18). The molecule has 0 fully saturated rings. The molecule has 1 amide bonds. The average Bonchev–Trinajstić information content (AvgIpc) is 2.86. The molecule has 0 saturated carbocycles. The number of aryl methyl sites for hydroxylation is 2. The van der Waals surface area contributed by atoms with Crippen molar-refractivity contribution in [3.63, 3.8) is 0 Å². The zero-order chi connectivity index (χ0) is 13.7. The van der Waals surface area contributed by atoms with Gasteiger partial charge in [0, 0.05) is 12.6 Å². The van der Waals surface area contributed by atoms with Crippen molar-refractivity contribution in [1.82, 2.24) is 10.5 Å². The summed E-state index contributed by atoms with van der Waals surface area (Å²) < 4.78 is 4.86. The number of benzene rings is 1. The highest BCUT2D eigenvalue weighted by atomic mass is 16.5. The molecule has 4 nitrogen and oxygen atoms in total. The molecule has 0 atom stereocenters. The van der Waals surface area contributed by atoms with E-state index in [1.807, 2.05) is 0 Å². The number of hydrogen-bond acceptors (Lipinski definition) is 3. The molecule has 1 heterocycles. The summed E-state index contributed by atoms with van der Waals surface area (Å²) in [5, 5.41) is 6.50. The van der Waals surface area contributed by atoms with E-state index in [9.17, 15) is 4.79 Å². The van der Waals surface area contributed by atoms with Crippen LogP contribution in [-0.4, -0.2) is 17.6 Å². The van der Waals surface area contributed by atoms with Crippen LogP contribution in [0.25, 0.3) is 0 Å². The SMILES string of the molecule is CCc1ccc(CCNC(=O)c2cc(C)on2)cc1. The molecule has 0 unspecified atom stereocenters. The molecular formula is C15H18N2O2. The molecule has 0 aliphatic rings. The lowest BCUT2D eigenvalue weighted by atomic mass is 10.1. The Morgan fingerprint density at radius 3 is 2.53 bits per heavy atom. The Kier molecular flexibility index (Phi) is 4.34. The summed E-state index contributed by atoms with van der Waals surface area (Å²) >= 11 is 0. The van der Waals surface area contributed by atoms with Gasteiger partial charge in [-0.3, -0.25) is 4.79 Å². The van der Waals surface area contributed by atoms with Crippen LogP contribution in [0.15, 0.2) is 34.9 Å². The van der Waals surface area contributed by atoms with Crippen LogP contribution in [0.5, 0.6) is 0 Å². The summed E-state index contributed by atoms with van der Waals surface area (Å²) in [6.45, 7) is 4.49. The molecule has 4 heteroatoms. The predicted molar refractivity (Wildman–Crippen MR) is 73.1 cm³/mol. The second-order valence-electron chi connectivity index (χ2n) is 4.50. The second kappa shape index (κ2) is 6.18. The molecule has 1 N–H and O–H groups in total. The fourth-order valence-electron chi connectivity index (χ4n) is 1.83. The molecule has 1 aromatic carbocycles. The van der Waals surface area contributed by atoms with Crippen molar-refractivity contribution in [3.05, 3.63) is 52.9 Å². The summed E-state index contributed by atoms with van der Waals surface area (Å²) in [4.78, 5) is 11.7. The Morgan fingerprint density at radius 2 is 1.95 bits per heavy atom. The number of nitrogens with one attached hydrogen (secondary N) is 1. The first-order valence-corrected chi connectivity index (χ1v) is 6.48. The van der Waals surface area contributed by atoms with Crippen LogP contribution in [0.4, 0.5) is 0 Å². The Hall–Kier alpha value is -2.10. The molecule has 2 aromatic rings. The zero-order valence-corrected chi connectivity index (χ0v) is 11.3. The number of amides is 1. The van der Waals surface area contributed by atoms with E-state index in [4.69, 9.17) is 4.52 Å². The monoisotopic (exact) mass is 258 g/mol. The van der Waals surface area contributed by atoms with Crippen LogP contribution in [0.3, 0.4) is 0 Å². The highest BCUT2D eigenvalue weighted by molar-refractivity contribution is 5.92. The summed E-state index contributed by atoms with van der Waals surface area (Å²) in [7, 11) is 0. The minimum atomic E-state index is -0.193. The number of nitrogens with zero attached hydrogens (tertiary/aromatic N) is 1. The van der Waals surface area contributed by atoms with E-state index in [0.717, 1.165) is 12.8 Å². The highest BCUT2D eigenvalue weighted by Crippen LogP contribution is 2.05. The van der Waals surface area contributed by atoms with Gasteiger partial charge in [-0.2, -0.15) is 0 Å². The van der Waals surface area contributed by atoms with Gasteiger partial charge in [-0.1, -0.05) is 36.3 Å². The first-order chi connectivity index (χ1) is 9.19. The summed E-state index contributed by atoms with van der Waals surface area (Å²) in [5.74, 6) is 0.447. The molecule has 0 aliphatic heterocycles. The normalized spacial score (nSPS) is 10.4. The van der Waals surface area contributed by atoms with E-state index in [0.29, 0.717) is 18.0 Å². The van der Waals surface area contributed by atoms with Crippen molar-refractivity contribution in [1.29, 1.82) is 0 Å². The van der Waals surface area contributed by atoms with Crippen LogP contribution in [-0.2, 0) is 12.8 Å². The average molecular weight is 258 g/mol. The van der Waals surface area contributed by atoms with E-state index in [1.54, 1.807) is 13.0 Å². The number of carbonyl (C=O) groups excluding carboxylic acids is 1. The topological polar surface area (TPSA) is 55.1 Å². The van der Waals surface area contributed by atoms with E-state index in [-0.39, 0.29) is 5.91 Å². The van der Waals surface area contributed by atoms with Crippen LogP contribution in [0.2, 0.25) is 0 Å². The maximum Gasteiger partial charge on any atom is 0.273 e. The molecule has 0 bridgehead atoms. The quantitative estimate of drug-likeness (QED) is 0.896. The third kappa shape index (κ3) is 3.68. The van der Waals surface area contributed by atoms with Crippen molar-refractivity contribution in [3.8, 4) is 0 Å². The van der Waals surface area contributed by atoms with E-state index in [2.05, 4.69) is 41.7 Å². The first kappa shape index (κ1) is 13.3.